The van der Waals surface area contributed by atoms with Crippen molar-refractivity contribution in [2.75, 3.05) is 13.2 Å². The molecular formula is C19H31NO. The van der Waals surface area contributed by atoms with Crippen LogP contribution in [0.3, 0.4) is 0 Å². The van der Waals surface area contributed by atoms with E-state index in [1.54, 1.807) is 0 Å². The smallest absolute Gasteiger partial charge is 0.119 e. The molecule has 1 saturated carbocycles. The highest BCUT2D eigenvalue weighted by Crippen LogP contribution is 2.29. The number of ether oxygens (including phenoxy) is 1. The Morgan fingerprint density at radius 2 is 1.95 bits per heavy atom. The molecule has 1 aliphatic rings. The van der Waals surface area contributed by atoms with Gasteiger partial charge in [-0.25, -0.2) is 0 Å². The maximum atomic E-state index is 5.74. The molecule has 1 aromatic rings. The molecule has 0 saturated heterocycles. The van der Waals surface area contributed by atoms with Crippen LogP contribution in [0.4, 0.5) is 0 Å². The SMILES string of the molecule is CCCCCOc1ccc(CNCC2CCC(C)C2)cc1. The molecular weight excluding hydrogens is 258 g/mol. The van der Waals surface area contributed by atoms with Crippen molar-refractivity contribution in [2.24, 2.45) is 11.8 Å². The lowest BCUT2D eigenvalue weighted by Crippen LogP contribution is -2.20. The van der Waals surface area contributed by atoms with Gasteiger partial charge in [0, 0.05) is 6.54 Å². The molecule has 0 radical (unpaired) electrons. The predicted molar refractivity (Wildman–Crippen MR) is 89.7 cm³/mol. The summed E-state index contributed by atoms with van der Waals surface area (Å²) < 4.78 is 5.74. The quantitative estimate of drug-likeness (QED) is 0.660. The Balaban J connectivity index is 1.62. The first-order chi connectivity index (χ1) is 10.3. The summed E-state index contributed by atoms with van der Waals surface area (Å²) >= 11 is 0. The van der Waals surface area contributed by atoms with Gasteiger partial charge >= 0.3 is 0 Å². The molecule has 0 aliphatic heterocycles. The number of hydrogen-bond donors (Lipinski definition) is 1. The van der Waals surface area contributed by atoms with Gasteiger partial charge in [0.05, 0.1) is 6.61 Å². The highest BCUT2D eigenvalue weighted by Gasteiger charge is 2.20. The minimum Gasteiger partial charge on any atom is -0.494 e. The fraction of sp³-hybridized carbons (Fsp3) is 0.684. The van der Waals surface area contributed by atoms with Gasteiger partial charge in [-0.15, -0.1) is 0 Å². The Kier molecular flexibility index (Phi) is 7.08. The average molecular weight is 289 g/mol. The first-order valence-corrected chi connectivity index (χ1v) is 8.70. The molecule has 2 atom stereocenters. The lowest BCUT2D eigenvalue weighted by Gasteiger charge is -2.11. The van der Waals surface area contributed by atoms with Crippen LogP contribution in [0, 0.1) is 11.8 Å². The van der Waals surface area contributed by atoms with Gasteiger partial charge in [0.25, 0.3) is 0 Å². The summed E-state index contributed by atoms with van der Waals surface area (Å²) in [5.74, 6) is 2.82. The van der Waals surface area contributed by atoms with E-state index in [9.17, 15) is 0 Å². The highest BCUT2D eigenvalue weighted by atomic mass is 16.5. The summed E-state index contributed by atoms with van der Waals surface area (Å²) in [7, 11) is 0. The average Bonchev–Trinajstić information content (AvgIpc) is 2.91. The van der Waals surface area contributed by atoms with Gasteiger partial charge < -0.3 is 10.1 Å². The Bertz CT molecular complexity index is 387. The van der Waals surface area contributed by atoms with Crippen LogP contribution in [0.5, 0.6) is 5.75 Å². The molecule has 2 nitrogen and oxygen atoms in total. The van der Waals surface area contributed by atoms with E-state index in [0.717, 1.165) is 37.2 Å². The Hall–Kier alpha value is -1.02. The van der Waals surface area contributed by atoms with Crippen LogP contribution in [0.25, 0.3) is 0 Å². The predicted octanol–water partition coefficient (Wildman–Crippen LogP) is 4.78. The third-order valence-corrected chi connectivity index (χ3v) is 4.51. The van der Waals surface area contributed by atoms with Gasteiger partial charge in [-0.2, -0.15) is 0 Å². The number of unbranched alkanes of at least 4 members (excludes halogenated alkanes) is 2. The molecule has 2 heteroatoms. The number of benzene rings is 1. The second-order valence-electron chi connectivity index (χ2n) is 6.61. The first kappa shape index (κ1) is 16.4. The van der Waals surface area contributed by atoms with E-state index in [1.165, 1.54) is 44.2 Å². The maximum absolute atomic E-state index is 5.74. The van der Waals surface area contributed by atoms with Crippen molar-refractivity contribution in [1.29, 1.82) is 0 Å². The molecule has 1 aromatic carbocycles. The Morgan fingerprint density at radius 3 is 2.62 bits per heavy atom. The van der Waals surface area contributed by atoms with E-state index in [1.807, 2.05) is 0 Å². The van der Waals surface area contributed by atoms with Crippen LogP contribution in [0.1, 0.15) is 57.9 Å². The van der Waals surface area contributed by atoms with Crippen LogP contribution >= 0.6 is 0 Å². The number of nitrogens with one attached hydrogen (secondary N) is 1. The van der Waals surface area contributed by atoms with Gasteiger partial charge in [-0.3, -0.25) is 0 Å². The van der Waals surface area contributed by atoms with Crippen LogP contribution in [-0.2, 0) is 6.54 Å². The van der Waals surface area contributed by atoms with Crippen molar-refractivity contribution >= 4 is 0 Å². The third-order valence-electron chi connectivity index (χ3n) is 4.51. The Labute approximate surface area is 130 Å². The van der Waals surface area contributed by atoms with Crippen molar-refractivity contribution < 1.29 is 4.74 Å². The van der Waals surface area contributed by atoms with E-state index < -0.39 is 0 Å². The second-order valence-corrected chi connectivity index (χ2v) is 6.61. The molecule has 118 valence electrons. The molecule has 1 aliphatic carbocycles. The monoisotopic (exact) mass is 289 g/mol. The van der Waals surface area contributed by atoms with Crippen molar-refractivity contribution in [2.45, 2.75) is 58.9 Å². The van der Waals surface area contributed by atoms with Gasteiger partial charge in [0.15, 0.2) is 0 Å². The highest BCUT2D eigenvalue weighted by molar-refractivity contribution is 5.27. The molecule has 0 heterocycles. The zero-order chi connectivity index (χ0) is 14.9. The van der Waals surface area contributed by atoms with Crippen LogP contribution in [0.15, 0.2) is 24.3 Å². The minimum atomic E-state index is 0.839. The second kappa shape index (κ2) is 9.09. The largest absolute Gasteiger partial charge is 0.494 e. The Morgan fingerprint density at radius 1 is 1.14 bits per heavy atom. The summed E-state index contributed by atoms with van der Waals surface area (Å²) in [6.07, 6.45) is 7.86. The zero-order valence-electron chi connectivity index (χ0n) is 13.7. The van der Waals surface area contributed by atoms with Crippen molar-refractivity contribution in [3.63, 3.8) is 0 Å². The fourth-order valence-electron chi connectivity index (χ4n) is 3.18. The molecule has 1 fully saturated rings. The summed E-state index contributed by atoms with van der Waals surface area (Å²) in [6.45, 7) is 7.57. The lowest BCUT2D eigenvalue weighted by molar-refractivity contribution is 0.306. The zero-order valence-corrected chi connectivity index (χ0v) is 13.7. The van der Waals surface area contributed by atoms with Gasteiger partial charge in [0.1, 0.15) is 5.75 Å². The molecule has 0 spiro atoms. The number of hydrogen-bond acceptors (Lipinski definition) is 2. The molecule has 0 bridgehead atoms. The van der Waals surface area contributed by atoms with Crippen molar-refractivity contribution in [3.05, 3.63) is 29.8 Å². The first-order valence-electron chi connectivity index (χ1n) is 8.70. The van der Waals surface area contributed by atoms with Crippen LogP contribution in [0.2, 0.25) is 0 Å². The molecule has 0 amide bonds. The summed E-state index contributed by atoms with van der Waals surface area (Å²) in [6, 6.07) is 8.56. The van der Waals surface area contributed by atoms with Crippen LogP contribution in [-0.4, -0.2) is 13.2 Å². The topological polar surface area (TPSA) is 21.3 Å². The maximum Gasteiger partial charge on any atom is 0.119 e. The third kappa shape index (κ3) is 6.09. The lowest BCUT2D eigenvalue weighted by atomic mass is 10.1. The molecule has 2 unspecified atom stereocenters. The van der Waals surface area contributed by atoms with Gasteiger partial charge in [-0.05, 0) is 55.3 Å². The van der Waals surface area contributed by atoms with E-state index in [2.05, 4.69) is 43.4 Å². The molecule has 2 rings (SSSR count). The standard InChI is InChI=1S/C19H31NO/c1-3-4-5-12-21-19-10-8-17(9-11-19)14-20-15-18-7-6-16(2)13-18/h8-11,16,18,20H,3-7,12-15H2,1-2H3. The van der Waals surface area contributed by atoms with Crippen molar-refractivity contribution in [1.82, 2.24) is 5.32 Å². The van der Waals surface area contributed by atoms with E-state index >= 15 is 0 Å². The fourth-order valence-corrected chi connectivity index (χ4v) is 3.18. The van der Waals surface area contributed by atoms with Crippen molar-refractivity contribution in [3.8, 4) is 5.75 Å². The van der Waals surface area contributed by atoms with E-state index in [4.69, 9.17) is 4.74 Å². The van der Waals surface area contributed by atoms with Gasteiger partial charge in [-0.1, -0.05) is 45.2 Å². The van der Waals surface area contributed by atoms with Gasteiger partial charge in [0.2, 0.25) is 0 Å². The normalized spacial score (nSPS) is 21.6. The van der Waals surface area contributed by atoms with E-state index in [0.29, 0.717) is 0 Å². The summed E-state index contributed by atoms with van der Waals surface area (Å²) in [5, 5.41) is 3.60. The summed E-state index contributed by atoms with van der Waals surface area (Å²) in [5.41, 5.74) is 1.35. The summed E-state index contributed by atoms with van der Waals surface area (Å²) in [4.78, 5) is 0. The molecule has 1 N–H and O–H groups in total. The molecule has 0 aromatic heterocycles. The van der Waals surface area contributed by atoms with Crippen LogP contribution < -0.4 is 10.1 Å². The minimum absolute atomic E-state index is 0.839. The molecule has 21 heavy (non-hydrogen) atoms. The van der Waals surface area contributed by atoms with E-state index in [-0.39, 0.29) is 0 Å². The number of rotatable bonds is 9.